The predicted molar refractivity (Wildman–Crippen MR) is 121 cm³/mol. The van der Waals surface area contributed by atoms with E-state index < -0.39 is 0 Å². The largest absolute Gasteiger partial charge is 0.495 e. The molecule has 32 heavy (non-hydrogen) atoms. The van der Waals surface area contributed by atoms with Crippen LogP contribution in [-0.2, 0) is 4.79 Å². The maximum Gasteiger partial charge on any atom is 0.250 e. The molecule has 166 valence electrons. The van der Waals surface area contributed by atoms with E-state index in [9.17, 15) is 9.18 Å². The molecular weight excluding hydrogens is 407 g/mol. The minimum atomic E-state index is -0.282. The SMILES string of the molecule is COc1cc(C=C2CC(C)(C)CN([C@@H](C)c3ccc(F)cc3)C2=O)ccc1-n1cnnc1. The van der Waals surface area contributed by atoms with E-state index in [-0.39, 0.29) is 23.2 Å². The monoisotopic (exact) mass is 434 g/mol. The second-order valence-electron chi connectivity index (χ2n) is 8.97. The fourth-order valence-corrected chi connectivity index (χ4v) is 4.23. The number of methoxy groups -OCH3 is 1. The fraction of sp³-hybridized carbons (Fsp3) is 0.320. The molecule has 1 aliphatic heterocycles. The third kappa shape index (κ3) is 4.42. The van der Waals surface area contributed by atoms with E-state index in [2.05, 4.69) is 24.0 Å². The number of carbonyl (C=O) groups excluding carboxylic acids is 1. The van der Waals surface area contributed by atoms with Gasteiger partial charge in [-0.2, -0.15) is 0 Å². The van der Waals surface area contributed by atoms with Crippen LogP contribution in [0.1, 0.15) is 44.4 Å². The van der Waals surface area contributed by atoms with E-state index in [1.165, 1.54) is 12.1 Å². The molecule has 2 aromatic carbocycles. The molecule has 0 radical (unpaired) electrons. The molecule has 1 amide bonds. The summed E-state index contributed by atoms with van der Waals surface area (Å²) in [7, 11) is 1.61. The first kappa shape index (κ1) is 21.7. The number of hydrogen-bond acceptors (Lipinski definition) is 4. The summed E-state index contributed by atoms with van der Waals surface area (Å²) in [5.41, 5.74) is 3.28. The predicted octanol–water partition coefficient (Wildman–Crippen LogP) is 4.82. The molecule has 0 bridgehead atoms. The molecule has 4 rings (SSSR count). The van der Waals surface area contributed by atoms with Gasteiger partial charge in [0.2, 0.25) is 5.91 Å². The Bertz CT molecular complexity index is 1140. The maximum atomic E-state index is 13.4. The number of piperidine rings is 1. The molecule has 0 unspecified atom stereocenters. The number of amides is 1. The summed E-state index contributed by atoms with van der Waals surface area (Å²) in [6, 6.07) is 12.0. The first-order valence-electron chi connectivity index (χ1n) is 10.6. The van der Waals surface area contributed by atoms with Crippen LogP contribution in [-0.4, -0.2) is 39.2 Å². The normalized spacial score (nSPS) is 18.1. The van der Waals surface area contributed by atoms with E-state index in [0.29, 0.717) is 18.7 Å². The van der Waals surface area contributed by atoms with Crippen LogP contribution >= 0.6 is 0 Å². The van der Waals surface area contributed by atoms with Crippen molar-refractivity contribution in [3.8, 4) is 11.4 Å². The lowest BCUT2D eigenvalue weighted by molar-refractivity contribution is -0.133. The fourth-order valence-electron chi connectivity index (χ4n) is 4.23. The molecule has 1 saturated heterocycles. The Morgan fingerprint density at radius 2 is 1.81 bits per heavy atom. The minimum absolute atomic E-state index is 0.00278. The van der Waals surface area contributed by atoms with Gasteiger partial charge in [-0.25, -0.2) is 4.39 Å². The summed E-state index contributed by atoms with van der Waals surface area (Å²) in [6.45, 7) is 6.94. The molecule has 0 aliphatic carbocycles. The van der Waals surface area contributed by atoms with Crippen LogP contribution in [0, 0.1) is 11.2 Å². The smallest absolute Gasteiger partial charge is 0.250 e. The standard InChI is InChI=1S/C25H27FN4O2/c1-17(19-6-8-21(26)9-7-19)30-14-25(2,3)13-20(24(30)31)11-18-5-10-22(23(12-18)32-4)29-15-27-28-16-29/h5-12,15-17H,13-14H2,1-4H3/t17-/m0/s1. The van der Waals surface area contributed by atoms with Crippen LogP contribution in [0.15, 0.2) is 60.7 Å². The highest BCUT2D eigenvalue weighted by atomic mass is 19.1. The molecule has 1 atom stereocenters. The molecule has 7 heteroatoms. The molecule has 6 nitrogen and oxygen atoms in total. The first-order chi connectivity index (χ1) is 15.3. The Labute approximate surface area is 187 Å². The Morgan fingerprint density at radius 1 is 1.12 bits per heavy atom. The summed E-state index contributed by atoms with van der Waals surface area (Å²) >= 11 is 0. The van der Waals surface area contributed by atoms with Crippen molar-refractivity contribution in [2.24, 2.45) is 5.41 Å². The van der Waals surface area contributed by atoms with Gasteiger partial charge in [0.15, 0.2) is 0 Å². The molecule has 0 spiro atoms. The Hall–Kier alpha value is -3.48. The summed E-state index contributed by atoms with van der Waals surface area (Å²) in [5, 5.41) is 7.69. The van der Waals surface area contributed by atoms with Crippen molar-refractivity contribution in [1.29, 1.82) is 0 Å². The van der Waals surface area contributed by atoms with E-state index in [0.717, 1.165) is 22.4 Å². The molecule has 0 N–H and O–H groups in total. The van der Waals surface area contributed by atoms with E-state index in [1.807, 2.05) is 36.1 Å². The molecule has 0 saturated carbocycles. The zero-order valence-corrected chi connectivity index (χ0v) is 18.7. The lowest BCUT2D eigenvalue weighted by atomic mass is 9.79. The maximum absolute atomic E-state index is 13.4. The minimum Gasteiger partial charge on any atom is -0.495 e. The van der Waals surface area contributed by atoms with Crippen molar-refractivity contribution in [3.63, 3.8) is 0 Å². The Morgan fingerprint density at radius 3 is 2.47 bits per heavy atom. The van der Waals surface area contributed by atoms with Gasteiger partial charge in [-0.1, -0.05) is 32.0 Å². The number of ether oxygens (including phenoxy) is 1. The van der Waals surface area contributed by atoms with Crippen LogP contribution in [0.3, 0.4) is 0 Å². The van der Waals surface area contributed by atoms with Gasteiger partial charge in [0.1, 0.15) is 24.2 Å². The zero-order chi connectivity index (χ0) is 22.9. The number of hydrogen-bond donors (Lipinski definition) is 0. The number of nitrogens with zero attached hydrogens (tertiary/aromatic N) is 4. The number of aromatic nitrogens is 3. The highest BCUT2D eigenvalue weighted by Gasteiger charge is 2.37. The van der Waals surface area contributed by atoms with Crippen molar-refractivity contribution in [1.82, 2.24) is 19.7 Å². The van der Waals surface area contributed by atoms with Crippen molar-refractivity contribution < 1.29 is 13.9 Å². The van der Waals surface area contributed by atoms with Gasteiger partial charge in [0, 0.05) is 12.1 Å². The van der Waals surface area contributed by atoms with E-state index in [1.54, 1.807) is 36.5 Å². The number of likely N-dealkylation sites (tertiary alicyclic amines) is 1. The Balaban J connectivity index is 1.66. The van der Waals surface area contributed by atoms with Gasteiger partial charge >= 0.3 is 0 Å². The van der Waals surface area contributed by atoms with Crippen molar-refractivity contribution in [2.75, 3.05) is 13.7 Å². The van der Waals surface area contributed by atoms with Gasteiger partial charge in [0.05, 0.1) is 18.8 Å². The van der Waals surface area contributed by atoms with Gasteiger partial charge in [-0.15, -0.1) is 10.2 Å². The second-order valence-corrected chi connectivity index (χ2v) is 8.97. The van der Waals surface area contributed by atoms with Gasteiger partial charge < -0.3 is 9.64 Å². The molecule has 2 heterocycles. The van der Waals surface area contributed by atoms with Crippen LogP contribution in [0.2, 0.25) is 0 Å². The summed E-state index contributed by atoms with van der Waals surface area (Å²) in [5.74, 6) is 0.386. The first-order valence-corrected chi connectivity index (χ1v) is 10.6. The number of halogens is 1. The summed E-state index contributed by atoms with van der Waals surface area (Å²) in [6.07, 6.45) is 5.83. The summed E-state index contributed by atoms with van der Waals surface area (Å²) < 4.78 is 20.7. The van der Waals surface area contributed by atoms with Gasteiger partial charge in [0.25, 0.3) is 0 Å². The van der Waals surface area contributed by atoms with E-state index >= 15 is 0 Å². The molecule has 1 aliphatic rings. The lowest BCUT2D eigenvalue weighted by Crippen LogP contribution is -2.46. The van der Waals surface area contributed by atoms with Crippen molar-refractivity contribution in [3.05, 3.63) is 77.6 Å². The van der Waals surface area contributed by atoms with E-state index in [4.69, 9.17) is 4.74 Å². The highest BCUT2D eigenvalue weighted by Crippen LogP contribution is 2.38. The number of carbonyl (C=O) groups is 1. The van der Waals surface area contributed by atoms with Crippen molar-refractivity contribution >= 4 is 12.0 Å². The van der Waals surface area contributed by atoms with Crippen LogP contribution in [0.25, 0.3) is 11.8 Å². The van der Waals surface area contributed by atoms with Crippen LogP contribution in [0.4, 0.5) is 4.39 Å². The number of rotatable bonds is 5. The second kappa shape index (κ2) is 8.57. The quantitative estimate of drug-likeness (QED) is 0.541. The average Bonchev–Trinajstić information content (AvgIpc) is 3.30. The van der Waals surface area contributed by atoms with Gasteiger partial charge in [-0.3, -0.25) is 9.36 Å². The molecule has 1 aromatic heterocycles. The van der Waals surface area contributed by atoms with Gasteiger partial charge in [-0.05, 0) is 60.2 Å². The Kier molecular flexibility index (Phi) is 5.82. The summed E-state index contributed by atoms with van der Waals surface area (Å²) in [4.78, 5) is 15.3. The zero-order valence-electron chi connectivity index (χ0n) is 18.7. The highest BCUT2D eigenvalue weighted by molar-refractivity contribution is 5.99. The average molecular weight is 435 g/mol. The topological polar surface area (TPSA) is 60.2 Å². The van der Waals surface area contributed by atoms with Crippen LogP contribution < -0.4 is 4.74 Å². The molecule has 1 fully saturated rings. The van der Waals surface area contributed by atoms with Crippen molar-refractivity contribution in [2.45, 2.75) is 33.2 Å². The molecular formula is C25H27FN4O2. The number of benzene rings is 2. The third-order valence-corrected chi connectivity index (χ3v) is 5.86. The lowest BCUT2D eigenvalue weighted by Gasteiger charge is -2.42. The van der Waals surface area contributed by atoms with Crippen LogP contribution in [0.5, 0.6) is 5.75 Å². The third-order valence-electron chi connectivity index (χ3n) is 5.86. The molecule has 3 aromatic rings.